The molecule has 0 amide bonds. The van der Waals surface area contributed by atoms with Crippen molar-refractivity contribution in [1.82, 2.24) is 0 Å². The van der Waals surface area contributed by atoms with Crippen LogP contribution in [0, 0.1) is 5.41 Å². The van der Waals surface area contributed by atoms with Crippen LogP contribution in [0.25, 0.3) is 0 Å². The normalized spacial score (nSPS) is 17.1. The third-order valence-corrected chi connectivity index (χ3v) is 8.74. The van der Waals surface area contributed by atoms with Crippen LogP contribution in [-0.4, -0.2) is 108 Å². The van der Waals surface area contributed by atoms with Crippen molar-refractivity contribution in [2.45, 2.75) is 136 Å². The van der Waals surface area contributed by atoms with Crippen molar-refractivity contribution in [3.8, 4) is 0 Å². The Kier molecular flexibility index (Phi) is 17.7. The number of hydrogen-bond acceptors (Lipinski definition) is 10. The molecule has 0 bridgehead atoms. The van der Waals surface area contributed by atoms with Crippen molar-refractivity contribution in [3.63, 3.8) is 0 Å². The summed E-state index contributed by atoms with van der Waals surface area (Å²) in [5, 5.41) is 19.9. The highest BCUT2D eigenvalue weighted by molar-refractivity contribution is 5.96. The molecule has 0 fully saturated rings. The highest BCUT2D eigenvalue weighted by Crippen LogP contribution is 2.32. The van der Waals surface area contributed by atoms with Gasteiger partial charge in [-0.3, -0.25) is 9.59 Å². The summed E-state index contributed by atoms with van der Waals surface area (Å²) >= 11 is 0. The minimum Gasteiger partial charge on any atom is -0.393 e. The fourth-order valence-corrected chi connectivity index (χ4v) is 3.77. The maximum atomic E-state index is 12.6. The van der Waals surface area contributed by atoms with Crippen molar-refractivity contribution < 1.29 is 48.2 Å². The molecule has 0 saturated carbocycles. The molecule has 0 radical (unpaired) electrons. The van der Waals surface area contributed by atoms with E-state index in [9.17, 15) is 19.8 Å². The Bertz CT molecular complexity index is 954. The summed E-state index contributed by atoms with van der Waals surface area (Å²) in [6.07, 6.45) is 4.05. The molecular weight excluding hydrogens is 592 g/mol. The molecule has 10 heteroatoms. The second kappa shape index (κ2) is 18.3. The highest BCUT2D eigenvalue weighted by atomic mass is 16.6. The Morgan fingerprint density at radius 3 is 1.20 bits per heavy atom. The Morgan fingerprint density at radius 2 is 0.870 bits per heavy atom. The van der Waals surface area contributed by atoms with Crippen molar-refractivity contribution >= 4 is 11.6 Å². The van der Waals surface area contributed by atoms with Gasteiger partial charge in [0.25, 0.3) is 0 Å². The Morgan fingerprint density at radius 1 is 0.522 bits per heavy atom. The van der Waals surface area contributed by atoms with Gasteiger partial charge in [-0.25, -0.2) is 0 Å². The third-order valence-electron chi connectivity index (χ3n) is 8.74. The van der Waals surface area contributed by atoms with E-state index in [2.05, 4.69) is 13.2 Å². The molecular formula is C36H66O10. The molecule has 10 nitrogen and oxygen atoms in total. The SMILES string of the molecule is C=CC(=O)C(C)(CC)OCC(C)(C)OCC(COC(C)(C)CO)(COC(C)(C)CO)COC(C)(CC)COC(C)(CC)C(=O)C=C. The molecule has 46 heavy (non-hydrogen) atoms. The first kappa shape index (κ1) is 44.5. The zero-order valence-electron chi connectivity index (χ0n) is 31.0. The lowest BCUT2D eigenvalue weighted by Crippen LogP contribution is -2.51. The van der Waals surface area contributed by atoms with Crippen LogP contribution in [0.2, 0.25) is 0 Å². The first-order chi connectivity index (χ1) is 21.0. The maximum absolute atomic E-state index is 12.6. The van der Waals surface area contributed by atoms with Crippen LogP contribution in [0.4, 0.5) is 0 Å². The maximum Gasteiger partial charge on any atom is 0.186 e. The van der Waals surface area contributed by atoms with E-state index in [0.717, 1.165) is 0 Å². The number of rotatable bonds is 27. The van der Waals surface area contributed by atoms with Crippen LogP contribution in [0.15, 0.2) is 25.3 Å². The van der Waals surface area contributed by atoms with Crippen molar-refractivity contribution in [2.24, 2.45) is 5.41 Å². The fraction of sp³-hybridized carbons (Fsp3) is 0.833. The zero-order valence-corrected chi connectivity index (χ0v) is 31.0. The zero-order chi connectivity index (χ0) is 36.1. The number of hydrogen-bond donors (Lipinski definition) is 2. The first-order valence-corrected chi connectivity index (χ1v) is 16.4. The van der Waals surface area contributed by atoms with E-state index in [1.165, 1.54) is 12.2 Å². The molecule has 2 N–H and O–H groups in total. The van der Waals surface area contributed by atoms with Crippen LogP contribution in [0.5, 0.6) is 0 Å². The predicted molar refractivity (Wildman–Crippen MR) is 181 cm³/mol. The third kappa shape index (κ3) is 14.3. The summed E-state index contributed by atoms with van der Waals surface area (Å²) in [5.41, 5.74) is -6.36. The minimum absolute atomic E-state index is 0.0862. The van der Waals surface area contributed by atoms with E-state index >= 15 is 0 Å². The summed E-state index contributed by atoms with van der Waals surface area (Å²) in [5.74, 6) is -0.406. The van der Waals surface area contributed by atoms with E-state index in [1.807, 2.05) is 41.5 Å². The monoisotopic (exact) mass is 658 g/mol. The first-order valence-electron chi connectivity index (χ1n) is 16.4. The van der Waals surface area contributed by atoms with Crippen molar-refractivity contribution in [3.05, 3.63) is 25.3 Å². The Balaban J connectivity index is 6.45. The summed E-state index contributed by atoms with van der Waals surface area (Å²) in [6.45, 7) is 29.4. The Hall–Kier alpha value is -1.50. The van der Waals surface area contributed by atoms with Crippen molar-refractivity contribution in [2.75, 3.05) is 52.9 Å². The lowest BCUT2D eigenvalue weighted by molar-refractivity contribution is -0.214. The molecule has 0 aliphatic carbocycles. The summed E-state index contributed by atoms with van der Waals surface area (Å²) in [4.78, 5) is 25.1. The van der Waals surface area contributed by atoms with Gasteiger partial charge >= 0.3 is 0 Å². The van der Waals surface area contributed by atoms with Gasteiger partial charge < -0.3 is 38.6 Å². The second-order valence-corrected chi connectivity index (χ2v) is 14.9. The molecule has 3 unspecified atom stereocenters. The van der Waals surface area contributed by atoms with Crippen LogP contribution in [0.3, 0.4) is 0 Å². The van der Waals surface area contributed by atoms with E-state index in [1.54, 1.807) is 41.5 Å². The smallest absolute Gasteiger partial charge is 0.186 e. The van der Waals surface area contributed by atoms with E-state index in [4.69, 9.17) is 28.4 Å². The number of carbonyl (C=O) groups excluding carboxylic acids is 2. The molecule has 3 atom stereocenters. The number of ketones is 2. The average molecular weight is 659 g/mol. The molecule has 270 valence electrons. The van der Waals surface area contributed by atoms with Crippen LogP contribution >= 0.6 is 0 Å². The van der Waals surface area contributed by atoms with Gasteiger partial charge in [-0.1, -0.05) is 33.9 Å². The largest absolute Gasteiger partial charge is 0.393 e. The van der Waals surface area contributed by atoms with Gasteiger partial charge in [0.15, 0.2) is 11.6 Å². The van der Waals surface area contributed by atoms with Crippen LogP contribution in [0.1, 0.15) is 102 Å². The van der Waals surface area contributed by atoms with Crippen molar-refractivity contribution in [1.29, 1.82) is 0 Å². The van der Waals surface area contributed by atoms with Gasteiger partial charge in [0, 0.05) is 0 Å². The van der Waals surface area contributed by atoms with Crippen LogP contribution in [-0.2, 0) is 38.0 Å². The summed E-state index contributed by atoms with van der Waals surface area (Å²) in [7, 11) is 0. The Labute approximate surface area is 279 Å². The molecule has 0 aliphatic rings. The summed E-state index contributed by atoms with van der Waals surface area (Å²) in [6, 6.07) is 0. The lowest BCUT2D eigenvalue weighted by Gasteiger charge is -2.43. The number of ether oxygens (including phenoxy) is 6. The van der Waals surface area contributed by atoms with Gasteiger partial charge in [-0.05, 0) is 93.7 Å². The number of carbonyl (C=O) groups is 2. The van der Waals surface area contributed by atoms with Crippen LogP contribution < -0.4 is 0 Å². The number of aliphatic hydroxyl groups excluding tert-OH is 2. The van der Waals surface area contributed by atoms with E-state index in [-0.39, 0.29) is 64.4 Å². The molecule has 0 heterocycles. The van der Waals surface area contributed by atoms with Gasteiger partial charge in [-0.2, -0.15) is 0 Å². The fourth-order valence-electron chi connectivity index (χ4n) is 3.77. The average Bonchev–Trinajstić information content (AvgIpc) is 3.04. The molecule has 0 aromatic rings. The van der Waals surface area contributed by atoms with E-state index in [0.29, 0.717) is 19.3 Å². The summed E-state index contributed by atoms with van der Waals surface area (Å²) < 4.78 is 37.9. The predicted octanol–water partition coefficient (Wildman–Crippen LogP) is 5.41. The molecule has 0 spiro atoms. The highest BCUT2D eigenvalue weighted by Gasteiger charge is 2.42. The topological polar surface area (TPSA) is 130 Å². The molecule has 0 aromatic carbocycles. The van der Waals surface area contributed by atoms with Gasteiger partial charge in [-0.15, -0.1) is 0 Å². The molecule has 0 saturated heterocycles. The quantitative estimate of drug-likeness (QED) is 0.111. The van der Waals surface area contributed by atoms with E-state index < -0.39 is 39.0 Å². The molecule has 0 aliphatic heterocycles. The minimum atomic E-state index is -1.03. The number of aliphatic hydroxyl groups is 2. The lowest BCUT2D eigenvalue weighted by atomic mass is 9.90. The second-order valence-electron chi connectivity index (χ2n) is 14.9. The van der Waals surface area contributed by atoms with Gasteiger partial charge in [0.2, 0.25) is 0 Å². The van der Waals surface area contributed by atoms with Gasteiger partial charge in [0.1, 0.15) is 11.2 Å². The standard InChI is InChI=1S/C36H66O10/c1-15-28(39)34(13,18-4)45-22-32(10,11)43-26-36(24-41-30(6,7)20-37,25-42-31(8,9)21-38)27-44-33(12,17-3)23-46-35(14,19-5)29(40)16-2/h15-16,37-38H,1-2,17-27H2,3-14H3. The molecule has 0 aromatic heterocycles. The molecule has 0 rings (SSSR count). The van der Waals surface area contributed by atoms with Gasteiger partial charge in [0.05, 0.1) is 80.7 Å².